The van der Waals surface area contributed by atoms with Gasteiger partial charge < -0.3 is 15.5 Å². The third-order valence-electron chi connectivity index (χ3n) is 3.38. The fourth-order valence-corrected chi connectivity index (χ4v) is 2.57. The summed E-state index contributed by atoms with van der Waals surface area (Å²) >= 11 is 0. The SMILES string of the molecule is CN(C)CC1CCCN1C(=O)c1c(N)cnn1C. The number of carbonyl (C=O) groups excluding carboxylic acids is 1. The average Bonchev–Trinajstić information content (AvgIpc) is 2.85. The number of anilines is 1. The van der Waals surface area contributed by atoms with Crippen molar-refractivity contribution in [2.45, 2.75) is 18.9 Å². The predicted octanol–water partition coefficient (Wildman–Crippen LogP) is 0.169. The van der Waals surface area contributed by atoms with Crippen LogP contribution in [0.5, 0.6) is 0 Å². The second kappa shape index (κ2) is 4.97. The topological polar surface area (TPSA) is 67.4 Å². The number of nitrogen functional groups attached to an aromatic ring is 1. The van der Waals surface area contributed by atoms with Gasteiger partial charge in [0.05, 0.1) is 11.9 Å². The fourth-order valence-electron chi connectivity index (χ4n) is 2.57. The van der Waals surface area contributed by atoms with Gasteiger partial charge in [-0.3, -0.25) is 9.48 Å². The van der Waals surface area contributed by atoms with E-state index < -0.39 is 0 Å². The number of nitrogens with two attached hydrogens (primary N) is 1. The lowest BCUT2D eigenvalue weighted by Gasteiger charge is -2.27. The molecule has 1 fully saturated rings. The normalized spacial score (nSPS) is 19.8. The maximum Gasteiger partial charge on any atom is 0.274 e. The smallest absolute Gasteiger partial charge is 0.274 e. The van der Waals surface area contributed by atoms with Crippen LogP contribution in [0.3, 0.4) is 0 Å². The van der Waals surface area contributed by atoms with E-state index in [-0.39, 0.29) is 11.9 Å². The van der Waals surface area contributed by atoms with Crippen LogP contribution < -0.4 is 5.73 Å². The zero-order valence-corrected chi connectivity index (χ0v) is 11.3. The van der Waals surface area contributed by atoms with Crippen molar-refractivity contribution in [3.8, 4) is 0 Å². The summed E-state index contributed by atoms with van der Waals surface area (Å²) in [5.74, 6) is -0.00292. The van der Waals surface area contributed by atoms with Gasteiger partial charge in [0.25, 0.3) is 5.91 Å². The van der Waals surface area contributed by atoms with Crippen molar-refractivity contribution in [3.63, 3.8) is 0 Å². The highest BCUT2D eigenvalue weighted by atomic mass is 16.2. The number of amides is 1. The lowest BCUT2D eigenvalue weighted by Crippen LogP contribution is -2.42. The lowest BCUT2D eigenvalue weighted by molar-refractivity contribution is 0.0706. The first kappa shape index (κ1) is 12.9. The molecule has 0 bridgehead atoms. The summed E-state index contributed by atoms with van der Waals surface area (Å²) in [5.41, 5.74) is 6.77. The molecule has 0 saturated carbocycles. The number of aromatic nitrogens is 2. The summed E-state index contributed by atoms with van der Waals surface area (Å²) in [4.78, 5) is 16.5. The largest absolute Gasteiger partial charge is 0.396 e. The highest BCUT2D eigenvalue weighted by molar-refractivity contribution is 5.97. The maximum absolute atomic E-state index is 12.5. The van der Waals surface area contributed by atoms with E-state index in [1.165, 1.54) is 6.20 Å². The number of rotatable bonds is 3. The Morgan fingerprint density at radius 1 is 1.61 bits per heavy atom. The Labute approximate surface area is 107 Å². The van der Waals surface area contributed by atoms with Gasteiger partial charge in [0.1, 0.15) is 5.69 Å². The van der Waals surface area contributed by atoms with Crippen molar-refractivity contribution in [2.24, 2.45) is 7.05 Å². The van der Waals surface area contributed by atoms with Crippen molar-refractivity contribution >= 4 is 11.6 Å². The van der Waals surface area contributed by atoms with Crippen LogP contribution in [-0.4, -0.2) is 58.7 Å². The minimum atomic E-state index is -0.00292. The summed E-state index contributed by atoms with van der Waals surface area (Å²) in [6, 6.07) is 0.279. The van der Waals surface area contributed by atoms with Gasteiger partial charge in [0.15, 0.2) is 0 Å². The van der Waals surface area contributed by atoms with Crippen LogP contribution in [0, 0.1) is 0 Å². The van der Waals surface area contributed by atoms with E-state index in [9.17, 15) is 4.79 Å². The Hall–Kier alpha value is -1.56. The Morgan fingerprint density at radius 2 is 2.33 bits per heavy atom. The third-order valence-corrected chi connectivity index (χ3v) is 3.38. The van der Waals surface area contributed by atoms with Gasteiger partial charge in [0, 0.05) is 26.2 Å². The maximum atomic E-state index is 12.5. The van der Waals surface area contributed by atoms with Crippen molar-refractivity contribution in [2.75, 3.05) is 32.9 Å². The van der Waals surface area contributed by atoms with E-state index in [1.54, 1.807) is 11.7 Å². The van der Waals surface area contributed by atoms with E-state index in [0.717, 1.165) is 25.9 Å². The molecule has 6 nitrogen and oxygen atoms in total. The van der Waals surface area contributed by atoms with Crippen LogP contribution in [0.4, 0.5) is 5.69 Å². The van der Waals surface area contributed by atoms with Gasteiger partial charge in [-0.2, -0.15) is 5.10 Å². The molecular weight excluding hydrogens is 230 g/mol. The zero-order chi connectivity index (χ0) is 13.3. The fraction of sp³-hybridized carbons (Fsp3) is 0.667. The van der Waals surface area contributed by atoms with Gasteiger partial charge in [-0.1, -0.05) is 0 Å². The Morgan fingerprint density at radius 3 is 2.89 bits per heavy atom. The van der Waals surface area contributed by atoms with Gasteiger partial charge in [-0.15, -0.1) is 0 Å². The number of carbonyl (C=O) groups is 1. The molecule has 0 aromatic carbocycles. The molecule has 1 aromatic heterocycles. The lowest BCUT2D eigenvalue weighted by atomic mass is 10.2. The van der Waals surface area contributed by atoms with E-state index in [0.29, 0.717) is 11.4 Å². The number of hydrogen-bond acceptors (Lipinski definition) is 4. The monoisotopic (exact) mass is 251 g/mol. The minimum Gasteiger partial charge on any atom is -0.396 e. The third kappa shape index (κ3) is 2.33. The van der Waals surface area contributed by atoms with Crippen LogP contribution in [0.1, 0.15) is 23.3 Å². The first-order chi connectivity index (χ1) is 8.50. The van der Waals surface area contributed by atoms with Crippen molar-refractivity contribution < 1.29 is 4.79 Å². The van der Waals surface area contributed by atoms with Crippen LogP contribution in [0.15, 0.2) is 6.20 Å². The molecular formula is C12H21N5O. The highest BCUT2D eigenvalue weighted by Gasteiger charge is 2.31. The molecule has 1 unspecified atom stereocenters. The Balaban J connectivity index is 2.18. The van der Waals surface area contributed by atoms with Crippen molar-refractivity contribution in [3.05, 3.63) is 11.9 Å². The van der Waals surface area contributed by atoms with Crippen LogP contribution >= 0.6 is 0 Å². The van der Waals surface area contributed by atoms with Crippen LogP contribution in [0.2, 0.25) is 0 Å². The summed E-state index contributed by atoms with van der Waals surface area (Å²) in [6.45, 7) is 1.70. The molecule has 1 amide bonds. The van der Waals surface area contributed by atoms with E-state index in [2.05, 4.69) is 10.00 Å². The molecule has 2 rings (SSSR count). The van der Waals surface area contributed by atoms with Crippen molar-refractivity contribution in [1.29, 1.82) is 0 Å². The molecule has 1 aliphatic heterocycles. The molecule has 0 spiro atoms. The first-order valence-corrected chi connectivity index (χ1v) is 6.24. The van der Waals surface area contributed by atoms with Crippen LogP contribution in [-0.2, 0) is 7.05 Å². The van der Waals surface area contributed by atoms with E-state index >= 15 is 0 Å². The first-order valence-electron chi connectivity index (χ1n) is 6.24. The Bertz CT molecular complexity index is 420. The zero-order valence-electron chi connectivity index (χ0n) is 11.3. The molecule has 0 aliphatic carbocycles. The number of aryl methyl sites for hydroxylation is 1. The quantitative estimate of drug-likeness (QED) is 0.831. The molecule has 2 N–H and O–H groups in total. The Kier molecular flexibility index (Phi) is 3.56. The summed E-state index contributed by atoms with van der Waals surface area (Å²) < 4.78 is 1.56. The number of nitrogens with zero attached hydrogens (tertiary/aromatic N) is 4. The molecule has 6 heteroatoms. The van der Waals surface area contributed by atoms with Gasteiger partial charge in [-0.25, -0.2) is 0 Å². The molecule has 18 heavy (non-hydrogen) atoms. The number of likely N-dealkylation sites (N-methyl/N-ethyl adjacent to an activating group) is 1. The molecule has 100 valence electrons. The van der Waals surface area contributed by atoms with E-state index in [1.807, 2.05) is 19.0 Å². The van der Waals surface area contributed by atoms with Gasteiger partial charge >= 0.3 is 0 Å². The molecule has 2 heterocycles. The second-order valence-electron chi connectivity index (χ2n) is 5.13. The second-order valence-corrected chi connectivity index (χ2v) is 5.13. The highest BCUT2D eigenvalue weighted by Crippen LogP contribution is 2.22. The molecule has 1 saturated heterocycles. The van der Waals surface area contributed by atoms with Crippen molar-refractivity contribution in [1.82, 2.24) is 19.6 Å². The van der Waals surface area contributed by atoms with E-state index in [4.69, 9.17) is 5.73 Å². The average molecular weight is 251 g/mol. The molecule has 1 aliphatic rings. The standard InChI is InChI=1S/C12H21N5O/c1-15(2)8-9-5-4-6-17(9)12(18)11-10(13)7-14-16(11)3/h7,9H,4-6,8,13H2,1-3H3. The number of hydrogen-bond donors (Lipinski definition) is 1. The number of likely N-dealkylation sites (tertiary alicyclic amines) is 1. The van der Waals surface area contributed by atoms with Gasteiger partial charge in [-0.05, 0) is 26.9 Å². The van der Waals surface area contributed by atoms with Gasteiger partial charge in [0.2, 0.25) is 0 Å². The summed E-state index contributed by atoms with van der Waals surface area (Å²) in [6.07, 6.45) is 3.65. The minimum absolute atomic E-state index is 0.00292. The molecule has 1 atom stereocenters. The predicted molar refractivity (Wildman–Crippen MR) is 70.2 cm³/mol. The molecule has 1 aromatic rings. The molecule has 0 radical (unpaired) electrons. The summed E-state index contributed by atoms with van der Waals surface area (Å²) in [5, 5.41) is 4.03. The summed E-state index contributed by atoms with van der Waals surface area (Å²) in [7, 11) is 5.80. The van der Waals surface area contributed by atoms with Crippen LogP contribution in [0.25, 0.3) is 0 Å².